The Labute approximate surface area is 359 Å². The molecule has 0 aliphatic heterocycles. The first-order chi connectivity index (χ1) is 30.5. The molecule has 0 saturated heterocycles. The number of para-hydroxylation sites is 4. The van der Waals surface area contributed by atoms with E-state index < -0.39 is 0 Å². The molecule has 2 aliphatic carbocycles. The van der Waals surface area contributed by atoms with Crippen molar-refractivity contribution in [1.29, 1.82) is 0 Å². The number of nitrogens with zero attached hydrogens (tertiary/aromatic N) is 3. The van der Waals surface area contributed by atoms with Gasteiger partial charge in [0.05, 0.1) is 22.1 Å². The van der Waals surface area contributed by atoms with Gasteiger partial charge in [-0.25, -0.2) is 0 Å². The van der Waals surface area contributed by atoms with E-state index in [1.807, 2.05) is 0 Å². The van der Waals surface area contributed by atoms with Gasteiger partial charge >= 0.3 is 0 Å². The Kier molecular flexibility index (Phi) is 7.37. The third-order valence-corrected chi connectivity index (χ3v) is 13.9. The molecule has 2 aliphatic rings. The summed E-state index contributed by atoms with van der Waals surface area (Å²) < 4.78 is 12.2. The molecule has 4 nitrogen and oxygen atoms in total. The maximum absolute atomic E-state index is 7.33. The topological polar surface area (TPSA) is 26.2 Å². The zero-order valence-corrected chi connectivity index (χ0v) is 34.9. The van der Waals surface area contributed by atoms with Gasteiger partial charge in [0.2, 0.25) is 0 Å². The average molecular weight is 798 g/mol. The van der Waals surface area contributed by atoms with E-state index in [9.17, 15) is 0 Å². The summed E-state index contributed by atoms with van der Waals surface area (Å²) in [6.07, 6.45) is 5.59. The van der Waals surface area contributed by atoms with E-state index in [0.29, 0.717) is 0 Å². The van der Waals surface area contributed by atoms with Gasteiger partial charge < -0.3 is 18.5 Å². The Morgan fingerprint density at radius 3 is 1.76 bits per heavy atom. The first-order valence-corrected chi connectivity index (χ1v) is 21.8. The van der Waals surface area contributed by atoms with Crippen LogP contribution in [0.1, 0.15) is 38.3 Å². The second-order valence-corrected chi connectivity index (χ2v) is 17.7. The Balaban J connectivity index is 1.02. The molecule has 13 rings (SSSR count). The van der Waals surface area contributed by atoms with E-state index in [-0.39, 0.29) is 11.3 Å². The molecular formula is C58H43N3O. The summed E-state index contributed by atoms with van der Waals surface area (Å²) in [5, 5.41) is 7.08. The maximum Gasteiger partial charge on any atom is 0.160 e. The van der Waals surface area contributed by atoms with Crippen LogP contribution in [-0.4, -0.2) is 9.13 Å². The molecule has 11 aromatic rings. The van der Waals surface area contributed by atoms with Crippen molar-refractivity contribution in [1.82, 2.24) is 9.13 Å². The summed E-state index contributed by atoms with van der Waals surface area (Å²) in [6, 6.07) is 64.2. The fourth-order valence-electron chi connectivity index (χ4n) is 11.1. The molecule has 0 amide bonds. The van der Waals surface area contributed by atoms with E-state index in [2.05, 4.69) is 223 Å². The summed E-state index contributed by atoms with van der Waals surface area (Å²) in [7, 11) is 0. The van der Waals surface area contributed by atoms with Gasteiger partial charge in [0, 0.05) is 72.1 Å². The molecule has 0 saturated carbocycles. The largest absolute Gasteiger partial charge is 0.452 e. The normalized spacial score (nSPS) is 15.8. The third-order valence-electron chi connectivity index (χ3n) is 13.9. The second-order valence-electron chi connectivity index (χ2n) is 17.7. The highest BCUT2D eigenvalue weighted by molar-refractivity contribution is 6.26. The summed E-state index contributed by atoms with van der Waals surface area (Å²) in [5.41, 5.74) is 17.8. The number of rotatable bonds is 5. The summed E-state index contributed by atoms with van der Waals surface area (Å²) in [5.74, 6) is 0.197. The average Bonchev–Trinajstić information content (AvgIpc) is 4.03. The van der Waals surface area contributed by atoms with Crippen molar-refractivity contribution in [2.45, 2.75) is 32.6 Å². The number of benzene rings is 8. The lowest BCUT2D eigenvalue weighted by atomic mass is 9.82. The monoisotopic (exact) mass is 797 g/mol. The summed E-state index contributed by atoms with van der Waals surface area (Å²) in [4.78, 5) is 2.48. The summed E-state index contributed by atoms with van der Waals surface area (Å²) >= 11 is 0. The lowest BCUT2D eigenvalue weighted by Gasteiger charge is -2.33. The van der Waals surface area contributed by atoms with Crippen LogP contribution in [0.3, 0.4) is 0 Å². The van der Waals surface area contributed by atoms with Crippen molar-refractivity contribution in [2.24, 2.45) is 5.92 Å². The van der Waals surface area contributed by atoms with E-state index >= 15 is 0 Å². The molecule has 3 heterocycles. The molecule has 296 valence electrons. The molecule has 0 spiro atoms. The van der Waals surface area contributed by atoms with Crippen molar-refractivity contribution < 1.29 is 4.42 Å². The minimum atomic E-state index is -0.0893. The van der Waals surface area contributed by atoms with Crippen LogP contribution in [0, 0.1) is 5.92 Å². The molecule has 0 N–H and O–H groups in total. The van der Waals surface area contributed by atoms with Gasteiger partial charge in [-0.1, -0.05) is 136 Å². The molecule has 4 heteroatoms. The molecule has 62 heavy (non-hydrogen) atoms. The molecule has 1 unspecified atom stereocenters. The van der Waals surface area contributed by atoms with Crippen LogP contribution in [0.2, 0.25) is 0 Å². The number of furan rings is 1. The standard InChI is InChI=1S/C58H43N3O/c1-36-34-39(59(37-16-6-4-7-17-37)40-26-28-42-41-20-10-13-23-49(41)58(2,3)50(42)35-40)27-33-51(36)61-53-25-15-12-22-44(53)46-30-32-48-47-31-29-45-43-21-11-14-24-52(43)60(38-18-8-5-9-19-38)54(45)56(47)62-57(48)55(46)61/h4-33,35-36H,34H2,1-3H3. The fourth-order valence-corrected chi connectivity index (χ4v) is 11.1. The third kappa shape index (κ3) is 4.83. The molecule has 3 aromatic heterocycles. The number of aromatic nitrogens is 2. The Morgan fingerprint density at radius 1 is 0.500 bits per heavy atom. The maximum atomic E-state index is 7.33. The van der Waals surface area contributed by atoms with Crippen molar-refractivity contribution in [3.63, 3.8) is 0 Å². The first-order valence-electron chi connectivity index (χ1n) is 21.8. The van der Waals surface area contributed by atoms with E-state index in [4.69, 9.17) is 4.42 Å². The van der Waals surface area contributed by atoms with Crippen LogP contribution < -0.4 is 4.90 Å². The van der Waals surface area contributed by atoms with E-state index in [1.165, 1.54) is 71.9 Å². The van der Waals surface area contributed by atoms with E-state index in [0.717, 1.165) is 50.8 Å². The van der Waals surface area contributed by atoms with Crippen LogP contribution in [0.25, 0.3) is 88.1 Å². The zero-order valence-electron chi connectivity index (χ0n) is 34.9. The number of allylic oxidation sites excluding steroid dienone is 4. The predicted molar refractivity (Wildman–Crippen MR) is 260 cm³/mol. The highest BCUT2D eigenvalue weighted by Gasteiger charge is 2.36. The highest BCUT2D eigenvalue weighted by atomic mass is 16.3. The molecule has 0 radical (unpaired) electrons. The quantitative estimate of drug-likeness (QED) is 0.173. The predicted octanol–water partition coefficient (Wildman–Crippen LogP) is 15.7. The number of fused-ring (bicyclic) bond motifs is 14. The van der Waals surface area contributed by atoms with Crippen LogP contribution in [0.5, 0.6) is 0 Å². The molecule has 1 atom stereocenters. The van der Waals surface area contributed by atoms with Gasteiger partial charge in [-0.2, -0.15) is 0 Å². The van der Waals surface area contributed by atoms with Crippen LogP contribution >= 0.6 is 0 Å². The second kappa shape index (κ2) is 13.0. The zero-order chi connectivity index (χ0) is 41.3. The van der Waals surface area contributed by atoms with E-state index in [1.54, 1.807) is 0 Å². The Morgan fingerprint density at radius 2 is 1.06 bits per heavy atom. The minimum absolute atomic E-state index is 0.0893. The Hall–Kier alpha value is -7.56. The van der Waals surface area contributed by atoms with Crippen molar-refractivity contribution in [3.8, 4) is 16.8 Å². The van der Waals surface area contributed by atoms with Gasteiger partial charge in [-0.05, 0) is 101 Å². The Bertz CT molecular complexity index is 3710. The SMILES string of the molecule is CC1CC(N(c2ccccc2)c2ccc3c(c2)C(C)(C)c2ccccc2-3)=CC=C1n1c2ccccc2c2ccc3c4ccc5c6ccccc6n(-c6ccccc6)c5c4oc3c21. The van der Waals surface area contributed by atoms with Gasteiger partial charge in [-0.3, -0.25) is 0 Å². The first kappa shape index (κ1) is 35.2. The molecule has 0 fully saturated rings. The van der Waals surface area contributed by atoms with Crippen LogP contribution in [-0.2, 0) is 5.41 Å². The van der Waals surface area contributed by atoms with Crippen LogP contribution in [0.15, 0.2) is 198 Å². The van der Waals surface area contributed by atoms with Gasteiger partial charge in [0.15, 0.2) is 11.2 Å². The number of anilines is 2. The summed E-state index contributed by atoms with van der Waals surface area (Å²) in [6.45, 7) is 7.11. The van der Waals surface area contributed by atoms with Crippen molar-refractivity contribution in [2.75, 3.05) is 4.90 Å². The molecular weight excluding hydrogens is 755 g/mol. The van der Waals surface area contributed by atoms with Crippen molar-refractivity contribution in [3.05, 3.63) is 205 Å². The van der Waals surface area contributed by atoms with Gasteiger partial charge in [0.1, 0.15) is 0 Å². The molecule has 0 bridgehead atoms. The number of hydrogen-bond donors (Lipinski definition) is 0. The molecule has 8 aromatic carbocycles. The van der Waals surface area contributed by atoms with Gasteiger partial charge in [-0.15, -0.1) is 0 Å². The minimum Gasteiger partial charge on any atom is -0.452 e. The van der Waals surface area contributed by atoms with Crippen LogP contribution in [0.4, 0.5) is 11.4 Å². The fraction of sp³-hybridized carbons (Fsp3) is 0.103. The lowest BCUT2D eigenvalue weighted by molar-refractivity contribution is 0.659. The smallest absolute Gasteiger partial charge is 0.160 e. The highest BCUT2D eigenvalue weighted by Crippen LogP contribution is 2.51. The van der Waals surface area contributed by atoms with Gasteiger partial charge in [0.25, 0.3) is 0 Å². The number of hydrogen-bond acceptors (Lipinski definition) is 2. The van der Waals surface area contributed by atoms with Crippen molar-refractivity contribution >= 4 is 82.6 Å². The lowest BCUT2D eigenvalue weighted by Crippen LogP contribution is -2.22.